The minimum absolute atomic E-state index is 0.421. The van der Waals surface area contributed by atoms with Crippen LogP contribution in [0.25, 0.3) is 0 Å². The maximum Gasteiger partial charge on any atom is 0.0590 e. The normalized spacial score (nSPS) is 13.0. The molecule has 15 heavy (non-hydrogen) atoms. The number of nitrogens with zero attached hydrogens (tertiary/aromatic N) is 2. The molecule has 1 rings (SSSR count). The van der Waals surface area contributed by atoms with Gasteiger partial charge in [0.1, 0.15) is 0 Å². The summed E-state index contributed by atoms with van der Waals surface area (Å²) in [6, 6.07) is 0.421. The van der Waals surface area contributed by atoms with Crippen molar-refractivity contribution in [2.75, 3.05) is 19.8 Å². The molecule has 86 valence electrons. The lowest BCUT2D eigenvalue weighted by Crippen LogP contribution is -2.33. The Hall–Kier alpha value is -0.870. The van der Waals surface area contributed by atoms with E-state index in [9.17, 15) is 0 Å². The Morgan fingerprint density at radius 2 is 2.40 bits per heavy atom. The molecular formula is C11H21N3O. The molecule has 0 aliphatic carbocycles. The average Bonchev–Trinajstić information content (AvgIpc) is 2.59. The summed E-state index contributed by atoms with van der Waals surface area (Å²) in [6.45, 7) is 9.58. The molecule has 0 unspecified atom stereocenters. The van der Waals surface area contributed by atoms with Gasteiger partial charge in [0.15, 0.2) is 0 Å². The molecule has 4 heteroatoms. The molecule has 0 aliphatic heterocycles. The van der Waals surface area contributed by atoms with Gasteiger partial charge in [-0.1, -0.05) is 0 Å². The lowest BCUT2D eigenvalue weighted by atomic mass is 10.3. The maximum absolute atomic E-state index is 5.25. The first-order valence-corrected chi connectivity index (χ1v) is 5.52. The van der Waals surface area contributed by atoms with E-state index >= 15 is 0 Å². The van der Waals surface area contributed by atoms with Gasteiger partial charge in [-0.25, -0.2) is 0 Å². The fourth-order valence-electron chi connectivity index (χ4n) is 1.43. The molecule has 0 spiro atoms. The zero-order valence-corrected chi connectivity index (χ0v) is 9.86. The lowest BCUT2D eigenvalue weighted by molar-refractivity contribution is 0.146. The van der Waals surface area contributed by atoms with E-state index in [0.29, 0.717) is 6.04 Å². The van der Waals surface area contributed by atoms with Crippen molar-refractivity contribution in [2.24, 2.45) is 0 Å². The first kappa shape index (κ1) is 12.2. The van der Waals surface area contributed by atoms with Gasteiger partial charge < -0.3 is 10.1 Å². The second kappa shape index (κ2) is 6.58. The van der Waals surface area contributed by atoms with E-state index in [1.165, 1.54) is 5.56 Å². The average molecular weight is 211 g/mol. The molecule has 1 heterocycles. The molecule has 0 saturated heterocycles. The van der Waals surface area contributed by atoms with Gasteiger partial charge in [0.25, 0.3) is 0 Å². The van der Waals surface area contributed by atoms with Gasteiger partial charge in [0, 0.05) is 25.4 Å². The van der Waals surface area contributed by atoms with Gasteiger partial charge in [-0.2, -0.15) is 5.10 Å². The highest BCUT2D eigenvalue weighted by atomic mass is 16.5. The number of nitrogens with one attached hydrogen (secondary N) is 1. The third-order valence-electron chi connectivity index (χ3n) is 2.17. The molecule has 1 N–H and O–H groups in total. The Morgan fingerprint density at radius 1 is 1.60 bits per heavy atom. The summed E-state index contributed by atoms with van der Waals surface area (Å²) >= 11 is 0. The van der Waals surface area contributed by atoms with Crippen molar-refractivity contribution in [1.29, 1.82) is 0 Å². The monoisotopic (exact) mass is 211 g/mol. The minimum Gasteiger partial charge on any atom is -0.380 e. The Labute approximate surface area is 91.6 Å². The second-order valence-electron chi connectivity index (χ2n) is 3.79. The molecule has 1 aromatic rings. The summed E-state index contributed by atoms with van der Waals surface area (Å²) in [5.74, 6) is 0. The smallest absolute Gasteiger partial charge is 0.0590 e. The predicted molar refractivity (Wildman–Crippen MR) is 60.9 cm³/mol. The quantitative estimate of drug-likeness (QED) is 0.689. The predicted octanol–water partition coefficient (Wildman–Crippen LogP) is 1.21. The summed E-state index contributed by atoms with van der Waals surface area (Å²) in [7, 11) is 0. The van der Waals surface area contributed by atoms with E-state index in [-0.39, 0.29) is 0 Å². The van der Waals surface area contributed by atoms with Crippen molar-refractivity contribution in [2.45, 2.75) is 33.4 Å². The topological polar surface area (TPSA) is 39.1 Å². The summed E-state index contributed by atoms with van der Waals surface area (Å²) in [5, 5.41) is 7.63. The molecule has 0 aliphatic rings. The number of ether oxygens (including phenoxy) is 1. The standard InChI is InChI=1S/C11H21N3O/c1-4-15-6-5-12-11(3)9-14-8-10(2)7-13-14/h7-8,11-12H,4-6,9H2,1-3H3/t11-/m0/s1. The molecule has 1 aromatic heterocycles. The summed E-state index contributed by atoms with van der Waals surface area (Å²) in [5.41, 5.74) is 1.21. The van der Waals surface area contributed by atoms with E-state index < -0.39 is 0 Å². The molecule has 0 bridgehead atoms. The number of rotatable bonds is 7. The fourth-order valence-corrected chi connectivity index (χ4v) is 1.43. The van der Waals surface area contributed by atoms with Crippen LogP contribution in [0.2, 0.25) is 0 Å². The maximum atomic E-state index is 5.25. The van der Waals surface area contributed by atoms with Crippen LogP contribution in [0.3, 0.4) is 0 Å². The van der Waals surface area contributed by atoms with Crippen molar-refractivity contribution < 1.29 is 4.74 Å². The highest BCUT2D eigenvalue weighted by molar-refractivity contribution is 4.99. The Bertz CT molecular complexity index is 273. The number of hydrogen-bond acceptors (Lipinski definition) is 3. The lowest BCUT2D eigenvalue weighted by Gasteiger charge is -2.13. The molecular weight excluding hydrogens is 190 g/mol. The van der Waals surface area contributed by atoms with E-state index in [0.717, 1.165) is 26.3 Å². The van der Waals surface area contributed by atoms with Crippen LogP contribution in [-0.2, 0) is 11.3 Å². The van der Waals surface area contributed by atoms with E-state index in [1.807, 2.05) is 17.8 Å². The molecule has 0 aromatic carbocycles. The van der Waals surface area contributed by atoms with Crippen LogP contribution in [0.15, 0.2) is 12.4 Å². The number of aromatic nitrogens is 2. The first-order chi connectivity index (χ1) is 7.22. The fraction of sp³-hybridized carbons (Fsp3) is 0.727. The molecule has 4 nitrogen and oxygen atoms in total. The van der Waals surface area contributed by atoms with Crippen molar-refractivity contribution in [3.05, 3.63) is 18.0 Å². The summed E-state index contributed by atoms with van der Waals surface area (Å²) in [4.78, 5) is 0. The molecule has 0 amide bonds. The van der Waals surface area contributed by atoms with Gasteiger partial charge in [-0.3, -0.25) is 4.68 Å². The Morgan fingerprint density at radius 3 is 3.00 bits per heavy atom. The van der Waals surface area contributed by atoms with Crippen LogP contribution in [0.4, 0.5) is 0 Å². The first-order valence-electron chi connectivity index (χ1n) is 5.52. The SMILES string of the molecule is CCOCCN[C@@H](C)Cn1cc(C)cn1. The van der Waals surface area contributed by atoms with Crippen LogP contribution in [0.5, 0.6) is 0 Å². The third kappa shape index (κ3) is 4.95. The highest BCUT2D eigenvalue weighted by Gasteiger charge is 2.02. The van der Waals surface area contributed by atoms with Crippen LogP contribution in [-0.4, -0.2) is 35.6 Å². The molecule has 1 atom stereocenters. The van der Waals surface area contributed by atoms with Gasteiger partial charge >= 0.3 is 0 Å². The van der Waals surface area contributed by atoms with Crippen LogP contribution < -0.4 is 5.32 Å². The second-order valence-corrected chi connectivity index (χ2v) is 3.79. The van der Waals surface area contributed by atoms with E-state index in [1.54, 1.807) is 0 Å². The Kier molecular flexibility index (Phi) is 5.36. The van der Waals surface area contributed by atoms with Crippen molar-refractivity contribution in [1.82, 2.24) is 15.1 Å². The van der Waals surface area contributed by atoms with Crippen LogP contribution >= 0.6 is 0 Å². The van der Waals surface area contributed by atoms with Crippen molar-refractivity contribution >= 4 is 0 Å². The molecule has 0 radical (unpaired) electrons. The van der Waals surface area contributed by atoms with Crippen LogP contribution in [0, 0.1) is 6.92 Å². The van der Waals surface area contributed by atoms with Gasteiger partial charge in [0.05, 0.1) is 19.3 Å². The number of hydrogen-bond donors (Lipinski definition) is 1. The van der Waals surface area contributed by atoms with E-state index in [4.69, 9.17) is 4.74 Å². The van der Waals surface area contributed by atoms with Gasteiger partial charge in [0.2, 0.25) is 0 Å². The number of aryl methyl sites for hydroxylation is 1. The molecule has 0 saturated carbocycles. The van der Waals surface area contributed by atoms with Gasteiger partial charge in [-0.05, 0) is 26.3 Å². The minimum atomic E-state index is 0.421. The van der Waals surface area contributed by atoms with E-state index in [2.05, 4.69) is 30.5 Å². The van der Waals surface area contributed by atoms with Crippen molar-refractivity contribution in [3.63, 3.8) is 0 Å². The van der Waals surface area contributed by atoms with Crippen LogP contribution in [0.1, 0.15) is 19.4 Å². The zero-order valence-electron chi connectivity index (χ0n) is 9.86. The van der Waals surface area contributed by atoms with Crippen molar-refractivity contribution in [3.8, 4) is 0 Å². The third-order valence-corrected chi connectivity index (χ3v) is 2.17. The van der Waals surface area contributed by atoms with Gasteiger partial charge in [-0.15, -0.1) is 0 Å². The highest BCUT2D eigenvalue weighted by Crippen LogP contribution is 1.96. The largest absolute Gasteiger partial charge is 0.380 e. The summed E-state index contributed by atoms with van der Waals surface area (Å²) in [6.07, 6.45) is 3.94. The summed E-state index contributed by atoms with van der Waals surface area (Å²) < 4.78 is 7.22. The molecule has 0 fully saturated rings. The zero-order chi connectivity index (χ0) is 11.1. The Balaban J connectivity index is 2.15.